The van der Waals surface area contributed by atoms with Gasteiger partial charge in [0.2, 0.25) is 0 Å². The van der Waals surface area contributed by atoms with E-state index in [-0.39, 0.29) is 17.1 Å². The standard InChI is InChI=1S/C21H27NO.ClH/c1-16-8-6-11-20-18(16)14-13-17-9-4-5-10-19(17)21(20)12-7-15-22(2,3)23;/h4-6,8-11,21H,7,12-15H2,1-3H3;1H. The van der Waals surface area contributed by atoms with Crippen LogP contribution in [0.2, 0.25) is 0 Å². The van der Waals surface area contributed by atoms with E-state index < -0.39 is 0 Å². The van der Waals surface area contributed by atoms with E-state index in [0.717, 1.165) is 25.7 Å². The second-order valence-corrected chi connectivity index (χ2v) is 7.33. The minimum Gasteiger partial charge on any atom is -0.633 e. The van der Waals surface area contributed by atoms with Gasteiger partial charge in [-0.15, -0.1) is 12.4 Å². The predicted molar refractivity (Wildman–Crippen MR) is 104 cm³/mol. The lowest BCUT2D eigenvalue weighted by atomic mass is 9.84. The van der Waals surface area contributed by atoms with Crippen molar-refractivity contribution in [3.8, 4) is 0 Å². The van der Waals surface area contributed by atoms with Gasteiger partial charge in [0.1, 0.15) is 0 Å². The van der Waals surface area contributed by atoms with Gasteiger partial charge in [-0.2, -0.15) is 0 Å². The molecular weight excluding hydrogens is 318 g/mol. The second-order valence-electron chi connectivity index (χ2n) is 7.33. The first-order valence-corrected chi connectivity index (χ1v) is 8.66. The van der Waals surface area contributed by atoms with E-state index in [4.69, 9.17) is 0 Å². The van der Waals surface area contributed by atoms with Gasteiger partial charge in [0.25, 0.3) is 0 Å². The van der Waals surface area contributed by atoms with Gasteiger partial charge in [0, 0.05) is 5.92 Å². The minimum atomic E-state index is -0.199. The van der Waals surface area contributed by atoms with Crippen LogP contribution in [-0.4, -0.2) is 25.3 Å². The molecule has 0 aromatic heterocycles. The molecule has 0 heterocycles. The Labute approximate surface area is 152 Å². The zero-order chi connectivity index (χ0) is 16.4. The van der Waals surface area contributed by atoms with Gasteiger partial charge in [-0.1, -0.05) is 42.5 Å². The zero-order valence-corrected chi connectivity index (χ0v) is 15.7. The average molecular weight is 346 g/mol. The van der Waals surface area contributed by atoms with Crippen LogP contribution in [0.3, 0.4) is 0 Å². The number of fused-ring (bicyclic) bond motifs is 2. The fraction of sp³-hybridized carbons (Fsp3) is 0.429. The van der Waals surface area contributed by atoms with Crippen LogP contribution < -0.4 is 0 Å². The Morgan fingerprint density at radius 3 is 2.46 bits per heavy atom. The summed E-state index contributed by atoms with van der Waals surface area (Å²) in [5.41, 5.74) is 7.34. The molecule has 0 N–H and O–H groups in total. The molecular formula is C21H28ClNO. The Kier molecular flexibility index (Phi) is 6.08. The Morgan fingerprint density at radius 2 is 1.71 bits per heavy atom. The Morgan fingerprint density at radius 1 is 1.00 bits per heavy atom. The number of aryl methyl sites for hydroxylation is 2. The van der Waals surface area contributed by atoms with Crippen molar-refractivity contribution in [2.24, 2.45) is 0 Å². The summed E-state index contributed by atoms with van der Waals surface area (Å²) in [6, 6.07) is 15.6. The molecule has 0 bridgehead atoms. The molecule has 0 fully saturated rings. The van der Waals surface area contributed by atoms with Crippen LogP contribution in [0.1, 0.15) is 46.6 Å². The number of quaternary nitrogens is 1. The van der Waals surface area contributed by atoms with Gasteiger partial charge < -0.3 is 9.85 Å². The maximum absolute atomic E-state index is 11.9. The molecule has 3 heteroatoms. The highest BCUT2D eigenvalue weighted by Gasteiger charge is 2.24. The molecule has 0 radical (unpaired) electrons. The summed E-state index contributed by atoms with van der Waals surface area (Å²) in [6.07, 6.45) is 4.26. The van der Waals surface area contributed by atoms with Gasteiger partial charge in [0.15, 0.2) is 0 Å². The van der Waals surface area contributed by atoms with Crippen molar-refractivity contribution in [3.63, 3.8) is 0 Å². The monoisotopic (exact) mass is 345 g/mol. The number of halogens is 1. The van der Waals surface area contributed by atoms with Crippen molar-refractivity contribution in [1.82, 2.24) is 0 Å². The van der Waals surface area contributed by atoms with Gasteiger partial charge in [-0.25, -0.2) is 0 Å². The van der Waals surface area contributed by atoms with Crippen LogP contribution in [0.4, 0.5) is 0 Å². The van der Waals surface area contributed by atoms with Crippen LogP contribution in [0, 0.1) is 12.1 Å². The van der Waals surface area contributed by atoms with E-state index in [1.54, 1.807) is 14.1 Å². The molecule has 2 aromatic carbocycles. The van der Waals surface area contributed by atoms with Gasteiger partial charge in [-0.3, -0.25) is 0 Å². The average Bonchev–Trinajstić information content (AvgIpc) is 2.65. The maximum atomic E-state index is 11.9. The van der Waals surface area contributed by atoms with E-state index in [2.05, 4.69) is 49.4 Å². The predicted octanol–water partition coefficient (Wildman–Crippen LogP) is 5.00. The van der Waals surface area contributed by atoms with E-state index in [0.29, 0.717) is 12.5 Å². The highest BCUT2D eigenvalue weighted by molar-refractivity contribution is 5.85. The number of hydrogen-bond acceptors (Lipinski definition) is 1. The Balaban J connectivity index is 0.00000208. The quantitative estimate of drug-likeness (QED) is 0.564. The van der Waals surface area contributed by atoms with Crippen LogP contribution >= 0.6 is 12.4 Å². The number of benzene rings is 2. The van der Waals surface area contributed by atoms with Crippen molar-refractivity contribution in [2.45, 2.75) is 38.5 Å². The molecule has 2 aromatic rings. The summed E-state index contributed by atoms with van der Waals surface area (Å²) in [6.45, 7) is 2.91. The molecule has 0 saturated heterocycles. The van der Waals surface area contributed by atoms with Crippen LogP contribution in [-0.2, 0) is 12.8 Å². The second kappa shape index (κ2) is 7.69. The van der Waals surface area contributed by atoms with Gasteiger partial charge in [-0.05, 0) is 60.4 Å². The number of hydrogen-bond donors (Lipinski definition) is 0. The summed E-state index contributed by atoms with van der Waals surface area (Å²) >= 11 is 0. The van der Waals surface area contributed by atoms with E-state index in [9.17, 15) is 5.21 Å². The van der Waals surface area contributed by atoms with Crippen LogP contribution in [0.15, 0.2) is 42.5 Å². The molecule has 3 rings (SSSR count). The fourth-order valence-electron chi connectivity index (χ4n) is 3.91. The molecule has 130 valence electrons. The smallest absolute Gasteiger partial charge is 0.0780 e. The number of rotatable bonds is 4. The molecule has 0 spiro atoms. The highest BCUT2D eigenvalue weighted by Crippen LogP contribution is 2.38. The molecule has 0 saturated carbocycles. The molecule has 2 nitrogen and oxygen atoms in total. The fourth-order valence-corrected chi connectivity index (χ4v) is 3.91. The van der Waals surface area contributed by atoms with Crippen molar-refractivity contribution < 1.29 is 4.65 Å². The lowest BCUT2D eigenvalue weighted by molar-refractivity contribution is -0.840. The molecule has 1 aliphatic carbocycles. The number of nitrogens with zero attached hydrogens (tertiary/aromatic N) is 1. The minimum absolute atomic E-state index is 0. The zero-order valence-electron chi connectivity index (χ0n) is 14.9. The molecule has 24 heavy (non-hydrogen) atoms. The first kappa shape index (κ1) is 19.0. The lowest BCUT2D eigenvalue weighted by Crippen LogP contribution is -2.33. The van der Waals surface area contributed by atoms with Gasteiger partial charge in [0.05, 0.1) is 20.6 Å². The molecule has 1 aliphatic rings. The third kappa shape index (κ3) is 4.18. The summed E-state index contributed by atoms with van der Waals surface area (Å²) in [5.74, 6) is 0.426. The van der Waals surface area contributed by atoms with Crippen LogP contribution in [0.25, 0.3) is 0 Å². The molecule has 1 atom stereocenters. The van der Waals surface area contributed by atoms with Crippen molar-refractivity contribution >= 4 is 12.4 Å². The lowest BCUT2D eigenvalue weighted by Gasteiger charge is -2.34. The number of hydroxylamine groups is 3. The third-order valence-electron chi connectivity index (χ3n) is 5.09. The van der Waals surface area contributed by atoms with Gasteiger partial charge >= 0.3 is 0 Å². The maximum Gasteiger partial charge on any atom is 0.0780 e. The van der Waals surface area contributed by atoms with Crippen LogP contribution in [0.5, 0.6) is 0 Å². The largest absolute Gasteiger partial charge is 0.633 e. The summed E-state index contributed by atoms with van der Waals surface area (Å²) < 4.78 is -0.199. The van der Waals surface area contributed by atoms with E-state index in [1.165, 1.54) is 27.8 Å². The third-order valence-corrected chi connectivity index (χ3v) is 5.09. The molecule has 0 aliphatic heterocycles. The summed E-state index contributed by atoms with van der Waals surface area (Å²) in [7, 11) is 3.47. The van der Waals surface area contributed by atoms with Crippen molar-refractivity contribution in [3.05, 3.63) is 75.5 Å². The van der Waals surface area contributed by atoms with E-state index in [1.807, 2.05) is 0 Å². The molecule has 1 unspecified atom stereocenters. The normalized spacial score (nSPS) is 16.6. The Hall–Kier alpha value is -1.35. The summed E-state index contributed by atoms with van der Waals surface area (Å²) in [4.78, 5) is 0. The van der Waals surface area contributed by atoms with Crippen molar-refractivity contribution in [2.75, 3.05) is 20.6 Å². The first-order chi connectivity index (χ1) is 11.0. The summed E-state index contributed by atoms with van der Waals surface area (Å²) in [5, 5.41) is 11.9. The topological polar surface area (TPSA) is 23.1 Å². The first-order valence-electron chi connectivity index (χ1n) is 8.66. The Bertz CT molecular complexity index is 690. The molecule has 0 amide bonds. The van der Waals surface area contributed by atoms with E-state index >= 15 is 0 Å². The van der Waals surface area contributed by atoms with Crippen molar-refractivity contribution in [1.29, 1.82) is 0 Å². The highest BCUT2D eigenvalue weighted by atomic mass is 35.5. The SMILES string of the molecule is Cc1cccc2c1CCc1ccccc1C2CCC[N+](C)(C)[O-].Cl.